The van der Waals surface area contributed by atoms with Crippen LogP contribution in [0.15, 0.2) is 12.1 Å². The second-order valence-electron chi connectivity index (χ2n) is 5.58. The van der Waals surface area contributed by atoms with Gasteiger partial charge in [0.05, 0.1) is 21.8 Å². The summed E-state index contributed by atoms with van der Waals surface area (Å²) >= 11 is 11.8. The molecule has 1 atom stereocenters. The highest BCUT2D eigenvalue weighted by Gasteiger charge is 2.18. The maximum absolute atomic E-state index is 10.8. The first-order valence-electron chi connectivity index (χ1n) is 6.06. The fraction of sp³-hybridized carbons (Fsp3) is 0.500. The van der Waals surface area contributed by atoms with Crippen molar-refractivity contribution >= 4 is 39.2 Å². The Hall–Kier alpha value is -0.570. The first-order valence-corrected chi connectivity index (χ1v) is 8.26. The predicted octanol–water partition coefficient (Wildman–Crippen LogP) is 2.63. The molecule has 0 heterocycles. The summed E-state index contributed by atoms with van der Waals surface area (Å²) in [4.78, 5) is 0. The van der Waals surface area contributed by atoms with E-state index in [1.807, 2.05) is 20.8 Å². The average Bonchev–Trinajstić information content (AvgIpc) is 2.28. The number of rotatable bonds is 5. The van der Waals surface area contributed by atoms with Gasteiger partial charge >= 0.3 is 10.3 Å². The fourth-order valence-corrected chi connectivity index (χ4v) is 2.72. The Kier molecular flexibility index (Phi) is 5.88. The van der Waals surface area contributed by atoms with Gasteiger partial charge in [-0.1, -0.05) is 23.2 Å². The number of benzene rings is 1. The molecule has 9 heteroatoms. The van der Waals surface area contributed by atoms with Gasteiger partial charge in [0.1, 0.15) is 0 Å². The smallest absolute Gasteiger partial charge is 0.357 e. The van der Waals surface area contributed by atoms with Crippen molar-refractivity contribution in [1.82, 2.24) is 5.32 Å². The Balaban J connectivity index is 2.97. The third-order valence-corrected chi connectivity index (χ3v) is 3.56. The SMILES string of the molecule is CC(C)(C)NC[C@H](O)c1cc(Cl)c(NS(=O)(=O)O)c(Cl)c1. The highest BCUT2D eigenvalue weighted by Crippen LogP contribution is 2.34. The Morgan fingerprint density at radius 1 is 1.24 bits per heavy atom. The van der Waals surface area contributed by atoms with E-state index >= 15 is 0 Å². The standard InChI is InChI=1S/C12H18Cl2N2O4S/c1-12(2,3)15-6-10(17)7-4-8(13)11(9(14)5-7)16-21(18,19)20/h4-5,10,15-17H,6H2,1-3H3,(H,18,19,20)/t10-/m0/s1. The largest absolute Gasteiger partial charge is 0.387 e. The van der Waals surface area contributed by atoms with Crippen molar-refractivity contribution in [3.63, 3.8) is 0 Å². The zero-order valence-corrected chi connectivity index (χ0v) is 14.1. The first-order chi connectivity index (χ1) is 9.39. The van der Waals surface area contributed by atoms with Crippen LogP contribution in [0.1, 0.15) is 32.4 Å². The van der Waals surface area contributed by atoms with Crippen molar-refractivity contribution in [2.45, 2.75) is 32.4 Å². The van der Waals surface area contributed by atoms with E-state index in [1.165, 1.54) is 12.1 Å². The van der Waals surface area contributed by atoms with Crippen LogP contribution in [0.25, 0.3) is 0 Å². The van der Waals surface area contributed by atoms with Crippen LogP contribution in [0.3, 0.4) is 0 Å². The Morgan fingerprint density at radius 2 is 1.71 bits per heavy atom. The second kappa shape index (κ2) is 6.68. The number of halogens is 2. The molecule has 0 radical (unpaired) electrons. The number of nitrogens with one attached hydrogen (secondary N) is 2. The molecule has 0 spiro atoms. The maximum atomic E-state index is 10.8. The zero-order valence-electron chi connectivity index (χ0n) is 11.8. The number of β-amino-alcohol motifs (C(OH)–C–C–N with tert-alkyl or cyclic N) is 1. The average molecular weight is 357 g/mol. The molecular weight excluding hydrogens is 339 g/mol. The van der Waals surface area contributed by atoms with Gasteiger partial charge in [0, 0.05) is 12.1 Å². The minimum atomic E-state index is -4.48. The fourth-order valence-electron chi connectivity index (χ4n) is 1.53. The van der Waals surface area contributed by atoms with Crippen LogP contribution in [-0.2, 0) is 10.3 Å². The zero-order chi connectivity index (χ0) is 16.4. The first kappa shape index (κ1) is 18.5. The van der Waals surface area contributed by atoms with Crippen molar-refractivity contribution in [2.24, 2.45) is 0 Å². The number of aliphatic hydroxyl groups is 1. The molecule has 0 bridgehead atoms. The summed E-state index contributed by atoms with van der Waals surface area (Å²) in [7, 11) is -4.48. The lowest BCUT2D eigenvalue weighted by Gasteiger charge is -2.23. The van der Waals surface area contributed by atoms with Gasteiger partial charge in [-0.3, -0.25) is 9.27 Å². The summed E-state index contributed by atoms with van der Waals surface area (Å²) < 4.78 is 32.2. The molecule has 0 aliphatic heterocycles. The second-order valence-corrected chi connectivity index (χ2v) is 7.55. The highest BCUT2D eigenvalue weighted by atomic mass is 35.5. The number of hydrogen-bond donors (Lipinski definition) is 4. The van der Waals surface area contributed by atoms with Crippen molar-refractivity contribution in [2.75, 3.05) is 11.3 Å². The summed E-state index contributed by atoms with van der Waals surface area (Å²) in [5.41, 5.74) is 0.129. The van der Waals surface area contributed by atoms with Gasteiger partial charge < -0.3 is 10.4 Å². The molecule has 1 aromatic carbocycles. The van der Waals surface area contributed by atoms with Crippen LogP contribution in [0.2, 0.25) is 10.0 Å². The van der Waals surface area contributed by atoms with Crippen LogP contribution >= 0.6 is 23.2 Å². The molecule has 1 rings (SSSR count). The summed E-state index contributed by atoms with van der Waals surface area (Å²) in [6.07, 6.45) is -0.862. The molecule has 4 N–H and O–H groups in total. The quantitative estimate of drug-likeness (QED) is 0.607. The minimum absolute atomic E-state index is 0.0232. The van der Waals surface area contributed by atoms with Crippen LogP contribution < -0.4 is 10.0 Å². The minimum Gasteiger partial charge on any atom is -0.387 e. The maximum Gasteiger partial charge on any atom is 0.357 e. The summed E-state index contributed by atoms with van der Waals surface area (Å²) in [5.74, 6) is 0. The predicted molar refractivity (Wildman–Crippen MR) is 84.3 cm³/mol. The van der Waals surface area contributed by atoms with Crippen molar-refractivity contribution < 1.29 is 18.1 Å². The number of aliphatic hydroxyl groups excluding tert-OH is 1. The molecule has 0 saturated heterocycles. The molecule has 0 fully saturated rings. The summed E-state index contributed by atoms with van der Waals surface area (Å²) in [5, 5.41) is 13.2. The van der Waals surface area contributed by atoms with Crippen LogP contribution in [0.4, 0.5) is 5.69 Å². The Bertz CT molecular complexity index is 591. The van der Waals surface area contributed by atoms with E-state index < -0.39 is 16.4 Å². The Labute approximate surface area is 134 Å². The van der Waals surface area contributed by atoms with Gasteiger partial charge in [-0.2, -0.15) is 8.42 Å². The Morgan fingerprint density at radius 3 is 2.10 bits per heavy atom. The molecule has 1 aromatic rings. The lowest BCUT2D eigenvalue weighted by Crippen LogP contribution is -2.38. The van der Waals surface area contributed by atoms with Crippen molar-refractivity contribution in [1.29, 1.82) is 0 Å². The molecule has 120 valence electrons. The van der Waals surface area contributed by atoms with Crippen LogP contribution in [-0.4, -0.2) is 30.2 Å². The molecule has 0 saturated carbocycles. The van der Waals surface area contributed by atoms with Gasteiger partial charge in [0.25, 0.3) is 0 Å². The van der Waals surface area contributed by atoms with Gasteiger partial charge in [0.15, 0.2) is 0 Å². The van der Waals surface area contributed by atoms with E-state index in [0.29, 0.717) is 5.56 Å². The van der Waals surface area contributed by atoms with Crippen molar-refractivity contribution in [3.05, 3.63) is 27.7 Å². The lowest BCUT2D eigenvalue weighted by atomic mass is 10.1. The summed E-state index contributed by atoms with van der Waals surface area (Å²) in [6.45, 7) is 6.15. The topological polar surface area (TPSA) is 98.7 Å². The van der Waals surface area contributed by atoms with E-state index in [-0.39, 0.29) is 27.8 Å². The third kappa shape index (κ3) is 6.37. The number of anilines is 1. The lowest BCUT2D eigenvalue weighted by molar-refractivity contribution is 0.163. The normalized spacial score (nSPS) is 14.0. The molecule has 0 aliphatic rings. The third-order valence-electron chi connectivity index (χ3n) is 2.51. The molecule has 0 unspecified atom stereocenters. The van der Waals surface area contributed by atoms with E-state index in [2.05, 4.69) is 5.32 Å². The monoisotopic (exact) mass is 356 g/mol. The number of hydrogen-bond acceptors (Lipinski definition) is 4. The molecule has 21 heavy (non-hydrogen) atoms. The molecule has 0 aliphatic carbocycles. The summed E-state index contributed by atoms with van der Waals surface area (Å²) in [6, 6.07) is 2.77. The van der Waals surface area contributed by atoms with Gasteiger partial charge in [0.2, 0.25) is 0 Å². The highest BCUT2D eigenvalue weighted by molar-refractivity contribution is 7.87. The molecular formula is C12H18Cl2N2O4S. The van der Waals surface area contributed by atoms with Crippen LogP contribution in [0.5, 0.6) is 0 Å². The molecule has 0 aromatic heterocycles. The van der Waals surface area contributed by atoms with E-state index in [4.69, 9.17) is 27.8 Å². The van der Waals surface area contributed by atoms with Gasteiger partial charge in [-0.15, -0.1) is 0 Å². The van der Waals surface area contributed by atoms with Gasteiger partial charge in [-0.05, 0) is 38.5 Å². The van der Waals surface area contributed by atoms with Crippen LogP contribution in [0, 0.1) is 0 Å². The van der Waals surface area contributed by atoms with Crippen molar-refractivity contribution in [3.8, 4) is 0 Å². The molecule has 0 amide bonds. The van der Waals surface area contributed by atoms with E-state index in [0.717, 1.165) is 0 Å². The van der Waals surface area contributed by atoms with E-state index in [1.54, 1.807) is 4.72 Å². The molecule has 6 nitrogen and oxygen atoms in total. The van der Waals surface area contributed by atoms with Gasteiger partial charge in [-0.25, -0.2) is 0 Å². The van der Waals surface area contributed by atoms with E-state index in [9.17, 15) is 13.5 Å².